The van der Waals surface area contributed by atoms with Gasteiger partial charge in [-0.15, -0.1) is 0 Å². The van der Waals surface area contributed by atoms with Gasteiger partial charge in [0.15, 0.2) is 0 Å². The Morgan fingerprint density at radius 2 is 1.94 bits per heavy atom. The highest BCUT2D eigenvalue weighted by molar-refractivity contribution is 5.38. The molecular weight excluding hydrogens is 224 g/mol. The van der Waals surface area contributed by atoms with Gasteiger partial charge < -0.3 is 0 Å². The molecule has 0 aliphatic carbocycles. The maximum Gasteiger partial charge on any atom is 0.125 e. The van der Waals surface area contributed by atoms with Crippen molar-refractivity contribution in [2.24, 2.45) is 5.84 Å². The number of nitrogens with zero attached hydrogens (tertiary/aromatic N) is 2. The highest BCUT2D eigenvalue weighted by Crippen LogP contribution is 2.24. The fourth-order valence-electron chi connectivity index (χ4n) is 2.06. The Kier molecular flexibility index (Phi) is 3.69. The summed E-state index contributed by atoms with van der Waals surface area (Å²) in [5, 5.41) is 0. The van der Waals surface area contributed by atoms with Crippen LogP contribution in [0.2, 0.25) is 0 Å². The summed E-state index contributed by atoms with van der Waals surface area (Å²) in [4.78, 5) is 8.55. The summed E-state index contributed by atoms with van der Waals surface area (Å²) in [6.45, 7) is 6.07. The van der Waals surface area contributed by atoms with Crippen LogP contribution in [0.25, 0.3) is 0 Å². The second kappa shape index (κ2) is 5.25. The van der Waals surface area contributed by atoms with E-state index in [1.54, 1.807) is 6.20 Å². The molecule has 0 amide bonds. The van der Waals surface area contributed by atoms with Crippen LogP contribution in [0.15, 0.2) is 30.5 Å². The molecular formula is C14H18N4. The van der Waals surface area contributed by atoms with Gasteiger partial charge in [-0.05, 0) is 43.5 Å². The summed E-state index contributed by atoms with van der Waals surface area (Å²) in [6, 6.07) is 7.99. The lowest BCUT2D eigenvalue weighted by molar-refractivity contribution is 0.613. The second-order valence-corrected chi connectivity index (χ2v) is 4.42. The maximum absolute atomic E-state index is 5.70. The lowest BCUT2D eigenvalue weighted by Crippen LogP contribution is -2.30. The molecule has 1 unspecified atom stereocenters. The van der Waals surface area contributed by atoms with Crippen LogP contribution in [0.4, 0.5) is 0 Å². The van der Waals surface area contributed by atoms with Crippen molar-refractivity contribution in [3.8, 4) is 0 Å². The molecule has 2 rings (SSSR count). The molecule has 94 valence electrons. The maximum atomic E-state index is 5.70. The molecule has 0 spiro atoms. The Morgan fingerprint density at radius 3 is 2.61 bits per heavy atom. The quantitative estimate of drug-likeness (QED) is 0.638. The van der Waals surface area contributed by atoms with Crippen molar-refractivity contribution in [2.45, 2.75) is 26.8 Å². The Bertz CT molecular complexity index is 551. The standard InChI is InChI=1S/C14H18N4/c1-9-5-4-6-12(10(9)2)14(18-15)13-7-8-16-11(3)17-13/h4-8,14,18H,15H2,1-3H3. The van der Waals surface area contributed by atoms with Crippen molar-refractivity contribution in [1.29, 1.82) is 0 Å². The van der Waals surface area contributed by atoms with Gasteiger partial charge in [-0.2, -0.15) is 0 Å². The number of rotatable bonds is 3. The number of nitrogens with one attached hydrogen (secondary N) is 1. The van der Waals surface area contributed by atoms with Crippen LogP contribution in [-0.2, 0) is 0 Å². The number of aromatic nitrogens is 2. The van der Waals surface area contributed by atoms with Gasteiger partial charge in [0.25, 0.3) is 0 Å². The molecule has 4 heteroatoms. The van der Waals surface area contributed by atoms with E-state index in [0.29, 0.717) is 0 Å². The molecule has 4 nitrogen and oxygen atoms in total. The van der Waals surface area contributed by atoms with Gasteiger partial charge in [-0.1, -0.05) is 18.2 Å². The van der Waals surface area contributed by atoms with Crippen molar-refractivity contribution in [3.63, 3.8) is 0 Å². The SMILES string of the molecule is Cc1nccc(C(NN)c2cccc(C)c2C)n1. The van der Waals surface area contributed by atoms with E-state index >= 15 is 0 Å². The van der Waals surface area contributed by atoms with Crippen LogP contribution < -0.4 is 11.3 Å². The zero-order valence-corrected chi connectivity index (χ0v) is 10.9. The molecule has 0 bridgehead atoms. The number of hydrogen-bond acceptors (Lipinski definition) is 4. The summed E-state index contributed by atoms with van der Waals surface area (Å²) in [7, 11) is 0. The van der Waals surface area contributed by atoms with Gasteiger partial charge in [0.1, 0.15) is 5.82 Å². The topological polar surface area (TPSA) is 63.8 Å². The van der Waals surface area contributed by atoms with Crippen LogP contribution in [0.3, 0.4) is 0 Å². The fourth-order valence-corrected chi connectivity index (χ4v) is 2.06. The monoisotopic (exact) mass is 242 g/mol. The minimum absolute atomic E-state index is 0.105. The zero-order chi connectivity index (χ0) is 13.1. The van der Waals surface area contributed by atoms with Crippen LogP contribution in [0.1, 0.15) is 34.3 Å². The van der Waals surface area contributed by atoms with E-state index in [0.717, 1.165) is 17.1 Å². The lowest BCUT2D eigenvalue weighted by atomic mass is 9.96. The number of benzene rings is 1. The van der Waals surface area contributed by atoms with Gasteiger partial charge in [0, 0.05) is 6.20 Å². The minimum atomic E-state index is -0.105. The third-order valence-corrected chi connectivity index (χ3v) is 3.22. The van der Waals surface area contributed by atoms with E-state index in [-0.39, 0.29) is 6.04 Å². The predicted octanol–water partition coefficient (Wildman–Crippen LogP) is 1.95. The molecule has 0 saturated heterocycles. The van der Waals surface area contributed by atoms with Crippen LogP contribution >= 0.6 is 0 Å². The normalized spacial score (nSPS) is 12.4. The van der Waals surface area contributed by atoms with E-state index in [1.807, 2.05) is 19.1 Å². The van der Waals surface area contributed by atoms with Crippen molar-refractivity contribution < 1.29 is 0 Å². The summed E-state index contributed by atoms with van der Waals surface area (Å²) in [6.07, 6.45) is 1.76. The van der Waals surface area contributed by atoms with Gasteiger partial charge in [0.2, 0.25) is 0 Å². The van der Waals surface area contributed by atoms with Crippen molar-refractivity contribution in [3.05, 3.63) is 58.7 Å². The number of hydrazine groups is 1. The summed E-state index contributed by atoms with van der Waals surface area (Å²) in [5.74, 6) is 6.44. The third-order valence-electron chi connectivity index (χ3n) is 3.22. The summed E-state index contributed by atoms with van der Waals surface area (Å²) in [5.41, 5.74) is 7.36. The molecule has 0 aliphatic heterocycles. The van der Waals surface area contributed by atoms with E-state index in [1.165, 1.54) is 11.1 Å². The van der Waals surface area contributed by atoms with E-state index in [9.17, 15) is 0 Å². The van der Waals surface area contributed by atoms with E-state index < -0.39 is 0 Å². The van der Waals surface area contributed by atoms with Crippen LogP contribution in [0.5, 0.6) is 0 Å². The summed E-state index contributed by atoms with van der Waals surface area (Å²) >= 11 is 0. The van der Waals surface area contributed by atoms with Gasteiger partial charge in [-0.3, -0.25) is 5.84 Å². The number of hydrogen-bond donors (Lipinski definition) is 2. The Balaban J connectivity index is 2.49. The Labute approximate surface area is 107 Å². The average Bonchev–Trinajstić information content (AvgIpc) is 2.35. The molecule has 0 aliphatic rings. The third kappa shape index (κ3) is 2.39. The van der Waals surface area contributed by atoms with Gasteiger partial charge in [-0.25, -0.2) is 15.4 Å². The van der Waals surface area contributed by atoms with Crippen molar-refractivity contribution in [2.75, 3.05) is 0 Å². The lowest BCUT2D eigenvalue weighted by Gasteiger charge is -2.19. The first-order valence-corrected chi connectivity index (χ1v) is 5.95. The van der Waals surface area contributed by atoms with Crippen molar-refractivity contribution in [1.82, 2.24) is 15.4 Å². The second-order valence-electron chi connectivity index (χ2n) is 4.42. The highest BCUT2D eigenvalue weighted by Gasteiger charge is 2.16. The largest absolute Gasteiger partial charge is 0.271 e. The van der Waals surface area contributed by atoms with Crippen LogP contribution in [0, 0.1) is 20.8 Å². The average molecular weight is 242 g/mol. The van der Waals surface area contributed by atoms with E-state index in [4.69, 9.17) is 5.84 Å². The molecule has 2 aromatic rings. The molecule has 18 heavy (non-hydrogen) atoms. The van der Waals surface area contributed by atoms with Gasteiger partial charge >= 0.3 is 0 Å². The molecule has 1 heterocycles. The predicted molar refractivity (Wildman–Crippen MR) is 71.9 cm³/mol. The fraction of sp³-hybridized carbons (Fsp3) is 0.286. The molecule has 1 aromatic carbocycles. The molecule has 1 atom stereocenters. The Hall–Kier alpha value is -1.78. The van der Waals surface area contributed by atoms with Crippen LogP contribution in [-0.4, -0.2) is 9.97 Å². The smallest absolute Gasteiger partial charge is 0.125 e. The first-order valence-electron chi connectivity index (χ1n) is 5.95. The minimum Gasteiger partial charge on any atom is -0.271 e. The summed E-state index contributed by atoms with van der Waals surface area (Å²) < 4.78 is 0. The van der Waals surface area contributed by atoms with E-state index in [2.05, 4.69) is 41.4 Å². The molecule has 3 N–H and O–H groups in total. The molecule has 0 saturated carbocycles. The Morgan fingerprint density at radius 1 is 1.17 bits per heavy atom. The first-order chi connectivity index (χ1) is 8.63. The zero-order valence-electron chi connectivity index (χ0n) is 10.9. The first kappa shape index (κ1) is 12.7. The highest BCUT2D eigenvalue weighted by atomic mass is 15.2. The number of aryl methyl sites for hydroxylation is 2. The molecule has 1 aromatic heterocycles. The molecule has 0 fully saturated rings. The molecule has 0 radical (unpaired) electrons. The number of nitrogens with two attached hydrogens (primary N) is 1. The van der Waals surface area contributed by atoms with Crippen molar-refractivity contribution >= 4 is 0 Å². The van der Waals surface area contributed by atoms with Gasteiger partial charge in [0.05, 0.1) is 11.7 Å².